The molecule has 0 fully saturated rings. The van der Waals surface area contributed by atoms with Crippen LogP contribution in [0.15, 0.2) is 0 Å². The van der Waals surface area contributed by atoms with Crippen LogP contribution in [0.25, 0.3) is 0 Å². The van der Waals surface area contributed by atoms with Crippen LogP contribution in [0.3, 0.4) is 0 Å². The van der Waals surface area contributed by atoms with E-state index < -0.39 is 16.9 Å². The number of carbonyl (C=O) groups is 1. The van der Waals surface area contributed by atoms with Crippen LogP contribution in [0.4, 0.5) is 0 Å². The van der Waals surface area contributed by atoms with Crippen LogP contribution in [0.5, 0.6) is 0 Å². The molecule has 0 bridgehead atoms. The molecule has 0 aliphatic heterocycles. The van der Waals surface area contributed by atoms with Gasteiger partial charge < -0.3 is 4.18 Å². The highest BCUT2D eigenvalue weighted by Crippen LogP contribution is 1.78. The fraction of sp³-hybridized carbons (Fsp3) is 0. The van der Waals surface area contributed by atoms with Gasteiger partial charge in [-0.1, -0.05) is 4.55 Å². The lowest BCUT2D eigenvalue weighted by molar-refractivity contribution is -0.120. The van der Waals surface area contributed by atoms with Gasteiger partial charge in [0, 0.05) is 0 Å². The highest BCUT2D eigenvalue weighted by atomic mass is 32.3. The summed E-state index contributed by atoms with van der Waals surface area (Å²) in [6, 6.07) is 0. The van der Waals surface area contributed by atoms with E-state index in [0.29, 0.717) is 0 Å². The zero-order chi connectivity index (χ0) is 5.91. The summed E-state index contributed by atoms with van der Waals surface area (Å²) < 4.78 is 30.6. The Morgan fingerprint density at radius 1 is 1.43 bits per heavy atom. The van der Waals surface area contributed by atoms with E-state index in [0.717, 1.165) is 0 Å². The summed E-state index contributed by atoms with van der Waals surface area (Å²) in [5.74, 6) is 0. The first-order chi connectivity index (χ1) is 3.06. The molecule has 0 N–H and O–H groups in total. The van der Waals surface area contributed by atoms with Gasteiger partial charge in [0.2, 0.25) is 0 Å². The molecule has 0 aromatic carbocycles. The third kappa shape index (κ3) is 5.38. The van der Waals surface area contributed by atoms with Gasteiger partial charge in [-0.15, -0.1) is 0 Å². The fourth-order valence-electron chi connectivity index (χ4n) is 0.0481. The van der Waals surface area contributed by atoms with Gasteiger partial charge in [0.1, 0.15) is 0 Å². The van der Waals surface area contributed by atoms with Crippen molar-refractivity contribution in [2.24, 2.45) is 0 Å². The lowest BCUT2D eigenvalue weighted by Crippen LogP contribution is -1.98. The predicted molar refractivity (Wildman–Crippen MR) is 16.8 cm³/mol. The lowest BCUT2D eigenvalue weighted by Gasteiger charge is -1.80. The van der Waals surface area contributed by atoms with Gasteiger partial charge in [-0.05, 0) is 0 Å². The van der Waals surface area contributed by atoms with Crippen molar-refractivity contribution in [3.8, 4) is 0 Å². The maximum atomic E-state index is 9.22. The lowest BCUT2D eigenvalue weighted by atomic mass is 11.7. The van der Waals surface area contributed by atoms with Gasteiger partial charge >= 0.3 is 16.9 Å². The molecule has 0 rings (SSSR count). The van der Waals surface area contributed by atoms with Gasteiger partial charge in [-0.2, -0.15) is 8.42 Å². The molecule has 1 radical (unpaired) electrons. The minimum atomic E-state index is -4.79. The number of hydrogen-bond acceptors (Lipinski definition) is 4. The molecule has 0 aliphatic rings. The Balaban J connectivity index is 3.84. The molecule has 0 atom stereocenters. The average molecular weight is 125 g/mol. The van der Waals surface area contributed by atoms with Gasteiger partial charge in [0.05, 0.1) is 0 Å². The van der Waals surface area contributed by atoms with Crippen LogP contribution in [0.2, 0.25) is 0 Å². The van der Waals surface area contributed by atoms with Crippen LogP contribution in [-0.4, -0.2) is 14.9 Å². The van der Waals surface area contributed by atoms with Crippen molar-refractivity contribution >= 4 is 16.9 Å². The van der Waals surface area contributed by atoms with E-state index in [1.165, 1.54) is 0 Å². The number of rotatable bonds is 2. The van der Waals surface area contributed by atoms with E-state index in [4.69, 9.17) is 4.79 Å². The molecule has 7 heavy (non-hydrogen) atoms. The molecule has 0 heterocycles. The Morgan fingerprint density at radius 2 is 1.86 bits per heavy atom. The largest absolute Gasteiger partial charge is 0.479 e. The Kier molecular flexibility index (Phi) is 1.73. The Morgan fingerprint density at radius 3 is 1.86 bits per heavy atom. The van der Waals surface area contributed by atoms with Crippen LogP contribution in [0.1, 0.15) is 0 Å². The van der Waals surface area contributed by atoms with E-state index >= 15 is 0 Å². The monoisotopic (exact) mass is 125 g/mol. The Hall–Kier alpha value is -0.620. The Labute approximate surface area is 39.9 Å². The zero-order valence-electron chi connectivity index (χ0n) is 3.03. The third-order valence-electron chi connectivity index (χ3n) is 0.157. The molecule has 0 unspecified atom stereocenters. The zero-order valence-corrected chi connectivity index (χ0v) is 3.84. The first-order valence-corrected chi connectivity index (χ1v) is 2.47. The van der Waals surface area contributed by atoms with Crippen LogP contribution >= 0.6 is 0 Å². The standard InChI is InChI=1S/CHO5S/c2-1-6-7(3,4)5/h1H. The summed E-state index contributed by atoms with van der Waals surface area (Å²) in [7, 11) is -4.79. The van der Waals surface area contributed by atoms with Gasteiger partial charge in [-0.25, -0.2) is 0 Å². The second-order valence-electron chi connectivity index (χ2n) is 0.601. The third-order valence-corrected chi connectivity index (χ3v) is 0.471. The van der Waals surface area contributed by atoms with Crippen molar-refractivity contribution in [2.45, 2.75) is 0 Å². The molecular formula is CHO5S. The quantitative estimate of drug-likeness (QED) is 0.435. The normalized spacial score (nSPS) is 10.4. The first kappa shape index (κ1) is 6.38. The van der Waals surface area contributed by atoms with E-state index in [9.17, 15) is 13.0 Å². The van der Waals surface area contributed by atoms with Crippen molar-refractivity contribution in [2.75, 3.05) is 0 Å². The molecule has 0 aromatic heterocycles. The van der Waals surface area contributed by atoms with Crippen molar-refractivity contribution < 1.29 is 21.9 Å². The van der Waals surface area contributed by atoms with Crippen molar-refractivity contribution in [1.29, 1.82) is 0 Å². The topological polar surface area (TPSA) is 80.3 Å². The summed E-state index contributed by atoms with van der Waals surface area (Å²) in [4.78, 5) is 9.02. The summed E-state index contributed by atoms with van der Waals surface area (Å²) in [6.07, 6.45) is 0. The summed E-state index contributed by atoms with van der Waals surface area (Å²) in [5, 5.41) is 0. The Bertz CT molecular complexity index is 141. The van der Waals surface area contributed by atoms with Crippen molar-refractivity contribution in [1.82, 2.24) is 0 Å². The second-order valence-corrected chi connectivity index (χ2v) is 1.61. The minimum Gasteiger partial charge on any atom is -0.326 e. The highest BCUT2D eigenvalue weighted by Gasteiger charge is 2.02. The molecule has 41 valence electrons. The van der Waals surface area contributed by atoms with E-state index in [1.807, 2.05) is 0 Å². The molecular weight excluding hydrogens is 124 g/mol. The van der Waals surface area contributed by atoms with Gasteiger partial charge in [0.15, 0.2) is 0 Å². The molecule has 0 spiro atoms. The fourth-order valence-corrected chi connectivity index (χ4v) is 0.144. The van der Waals surface area contributed by atoms with Crippen LogP contribution < -0.4 is 0 Å². The molecule has 6 heteroatoms. The van der Waals surface area contributed by atoms with Crippen LogP contribution in [0, 0.1) is 0 Å². The smallest absolute Gasteiger partial charge is 0.326 e. The maximum Gasteiger partial charge on any atom is 0.479 e. The highest BCUT2D eigenvalue weighted by molar-refractivity contribution is 7.81. The molecule has 0 amide bonds. The first-order valence-electron chi connectivity index (χ1n) is 1.14. The number of carbonyl (C=O) groups excluding carboxylic acids is 1. The van der Waals surface area contributed by atoms with E-state index in [2.05, 4.69) is 4.18 Å². The van der Waals surface area contributed by atoms with Crippen LogP contribution in [-0.2, 0) is 23.9 Å². The van der Waals surface area contributed by atoms with E-state index in [1.54, 1.807) is 0 Å². The molecule has 0 saturated carbocycles. The second kappa shape index (κ2) is 1.90. The number of hydrogen-bond donors (Lipinski definition) is 0. The molecule has 0 aromatic rings. The van der Waals surface area contributed by atoms with Gasteiger partial charge in [-0.3, -0.25) is 4.79 Å². The molecule has 0 saturated heterocycles. The van der Waals surface area contributed by atoms with Crippen molar-refractivity contribution in [3.05, 3.63) is 0 Å². The maximum absolute atomic E-state index is 9.22. The average Bonchev–Trinajstić information content (AvgIpc) is 1.30. The molecule has 5 nitrogen and oxygen atoms in total. The SMILES string of the molecule is [O]S(=O)(=O)OC=O. The van der Waals surface area contributed by atoms with Crippen molar-refractivity contribution in [3.63, 3.8) is 0 Å². The molecule has 0 aliphatic carbocycles. The van der Waals surface area contributed by atoms with Gasteiger partial charge in [0.25, 0.3) is 0 Å². The predicted octanol–water partition coefficient (Wildman–Crippen LogP) is -1.17. The summed E-state index contributed by atoms with van der Waals surface area (Å²) >= 11 is 0. The summed E-state index contributed by atoms with van der Waals surface area (Å²) in [5.41, 5.74) is 0. The minimum absolute atomic E-state index is 0.442. The van der Waals surface area contributed by atoms with E-state index in [-0.39, 0.29) is 0 Å². The summed E-state index contributed by atoms with van der Waals surface area (Å²) in [6.45, 7) is -0.442.